The van der Waals surface area contributed by atoms with Crippen LogP contribution in [0.15, 0.2) is 0 Å². The SMILES string of the molecule is CN(C)C(=O)C1C2CNCC21. The van der Waals surface area contributed by atoms with Crippen LogP contribution in [0.25, 0.3) is 0 Å². The zero-order valence-electron chi connectivity index (χ0n) is 7.00. The summed E-state index contributed by atoms with van der Waals surface area (Å²) in [7, 11) is 3.67. The minimum Gasteiger partial charge on any atom is -0.349 e. The molecule has 0 aromatic carbocycles. The molecule has 1 amide bonds. The van der Waals surface area contributed by atoms with Crippen LogP contribution in [0.4, 0.5) is 0 Å². The van der Waals surface area contributed by atoms with Gasteiger partial charge >= 0.3 is 0 Å². The van der Waals surface area contributed by atoms with Crippen LogP contribution >= 0.6 is 0 Å². The Bertz CT molecular complexity index is 181. The maximum Gasteiger partial charge on any atom is 0.225 e. The molecule has 0 spiro atoms. The van der Waals surface area contributed by atoms with E-state index in [0.29, 0.717) is 23.7 Å². The van der Waals surface area contributed by atoms with Crippen molar-refractivity contribution in [1.29, 1.82) is 0 Å². The number of hydrogen-bond donors (Lipinski definition) is 1. The molecule has 2 fully saturated rings. The average Bonchev–Trinajstić information content (AvgIpc) is 2.41. The quantitative estimate of drug-likeness (QED) is 0.554. The van der Waals surface area contributed by atoms with Crippen molar-refractivity contribution in [2.24, 2.45) is 17.8 Å². The van der Waals surface area contributed by atoms with Gasteiger partial charge in [0, 0.05) is 20.0 Å². The molecule has 0 radical (unpaired) electrons. The summed E-state index contributed by atoms with van der Waals surface area (Å²) in [5.74, 6) is 1.99. The van der Waals surface area contributed by atoms with Gasteiger partial charge in [-0.15, -0.1) is 0 Å². The molecular formula is C8H14N2O. The summed E-state index contributed by atoms with van der Waals surface area (Å²) in [5, 5.41) is 3.27. The van der Waals surface area contributed by atoms with Crippen LogP contribution in [0.5, 0.6) is 0 Å². The van der Waals surface area contributed by atoms with Crippen LogP contribution in [0.3, 0.4) is 0 Å². The van der Waals surface area contributed by atoms with E-state index < -0.39 is 0 Å². The van der Waals surface area contributed by atoms with Gasteiger partial charge in [-0.25, -0.2) is 0 Å². The third kappa shape index (κ3) is 0.948. The fourth-order valence-electron chi connectivity index (χ4n) is 2.08. The number of hydrogen-bond acceptors (Lipinski definition) is 2. The van der Waals surface area contributed by atoms with Gasteiger partial charge in [-0.3, -0.25) is 4.79 Å². The Kier molecular flexibility index (Phi) is 1.42. The number of amides is 1. The molecule has 3 heteroatoms. The van der Waals surface area contributed by atoms with Crippen molar-refractivity contribution in [1.82, 2.24) is 10.2 Å². The smallest absolute Gasteiger partial charge is 0.225 e. The lowest BCUT2D eigenvalue weighted by Gasteiger charge is -2.11. The number of fused-ring (bicyclic) bond motifs is 1. The Morgan fingerprint density at radius 1 is 1.36 bits per heavy atom. The Morgan fingerprint density at radius 2 is 1.91 bits per heavy atom. The number of nitrogens with one attached hydrogen (secondary N) is 1. The van der Waals surface area contributed by atoms with Gasteiger partial charge in [-0.05, 0) is 24.9 Å². The first-order chi connectivity index (χ1) is 5.22. The van der Waals surface area contributed by atoms with Gasteiger partial charge in [0.05, 0.1) is 0 Å². The normalized spacial score (nSPS) is 40.0. The standard InChI is InChI=1S/C8H14N2O/c1-10(2)8(11)7-5-3-9-4-6(5)7/h5-7,9H,3-4H2,1-2H3. The summed E-state index contributed by atoms with van der Waals surface area (Å²) in [6, 6.07) is 0. The molecule has 11 heavy (non-hydrogen) atoms. The highest BCUT2D eigenvalue weighted by molar-refractivity contribution is 5.82. The number of rotatable bonds is 1. The van der Waals surface area contributed by atoms with Crippen molar-refractivity contribution in [3.63, 3.8) is 0 Å². The maximum atomic E-state index is 11.4. The monoisotopic (exact) mass is 154 g/mol. The molecule has 1 heterocycles. The van der Waals surface area contributed by atoms with Crippen molar-refractivity contribution in [2.45, 2.75) is 0 Å². The molecule has 1 aliphatic heterocycles. The molecule has 2 unspecified atom stereocenters. The minimum atomic E-state index is 0.321. The lowest BCUT2D eigenvalue weighted by Crippen LogP contribution is -2.28. The molecule has 1 saturated carbocycles. The van der Waals surface area contributed by atoms with Gasteiger partial charge in [0.15, 0.2) is 0 Å². The molecule has 0 aromatic rings. The minimum absolute atomic E-state index is 0.321. The number of carbonyl (C=O) groups excluding carboxylic acids is 1. The first-order valence-electron chi connectivity index (χ1n) is 4.13. The molecule has 1 saturated heterocycles. The molecule has 1 N–H and O–H groups in total. The van der Waals surface area contributed by atoms with Crippen LogP contribution in [-0.2, 0) is 4.79 Å². The van der Waals surface area contributed by atoms with E-state index in [9.17, 15) is 4.79 Å². The van der Waals surface area contributed by atoms with Gasteiger partial charge in [0.25, 0.3) is 0 Å². The maximum absolute atomic E-state index is 11.4. The molecule has 62 valence electrons. The van der Waals surface area contributed by atoms with Crippen molar-refractivity contribution >= 4 is 5.91 Å². The lowest BCUT2D eigenvalue weighted by molar-refractivity contribution is -0.130. The van der Waals surface area contributed by atoms with Crippen molar-refractivity contribution in [2.75, 3.05) is 27.2 Å². The zero-order chi connectivity index (χ0) is 8.01. The lowest BCUT2D eigenvalue weighted by atomic mass is 10.2. The summed E-state index contributed by atoms with van der Waals surface area (Å²) in [4.78, 5) is 13.1. The van der Waals surface area contributed by atoms with Crippen LogP contribution in [0, 0.1) is 17.8 Å². The Morgan fingerprint density at radius 3 is 2.36 bits per heavy atom. The molecular weight excluding hydrogens is 140 g/mol. The van der Waals surface area contributed by atoms with Gasteiger partial charge in [-0.2, -0.15) is 0 Å². The fourth-order valence-corrected chi connectivity index (χ4v) is 2.08. The van der Waals surface area contributed by atoms with E-state index in [-0.39, 0.29) is 0 Å². The van der Waals surface area contributed by atoms with Crippen molar-refractivity contribution < 1.29 is 4.79 Å². The number of carbonyl (C=O) groups is 1. The topological polar surface area (TPSA) is 32.3 Å². The van der Waals surface area contributed by atoms with E-state index in [1.807, 2.05) is 14.1 Å². The van der Waals surface area contributed by atoms with E-state index in [1.165, 1.54) is 0 Å². The van der Waals surface area contributed by atoms with Gasteiger partial charge < -0.3 is 10.2 Å². The van der Waals surface area contributed by atoms with Crippen LogP contribution in [0.1, 0.15) is 0 Å². The molecule has 0 aromatic heterocycles. The summed E-state index contributed by atoms with van der Waals surface area (Å²) < 4.78 is 0. The third-order valence-corrected chi connectivity index (χ3v) is 2.82. The zero-order valence-corrected chi connectivity index (χ0v) is 7.00. The summed E-state index contributed by atoms with van der Waals surface area (Å²) in [5.41, 5.74) is 0. The highest BCUT2D eigenvalue weighted by atomic mass is 16.2. The van der Waals surface area contributed by atoms with Gasteiger partial charge in [0.2, 0.25) is 5.91 Å². The average molecular weight is 154 g/mol. The van der Waals surface area contributed by atoms with Crippen LogP contribution in [0.2, 0.25) is 0 Å². The molecule has 0 bridgehead atoms. The van der Waals surface area contributed by atoms with E-state index in [2.05, 4.69) is 5.32 Å². The molecule has 2 aliphatic rings. The summed E-state index contributed by atoms with van der Waals surface area (Å²) in [6.45, 7) is 2.10. The van der Waals surface area contributed by atoms with Crippen molar-refractivity contribution in [3.05, 3.63) is 0 Å². The second-order valence-electron chi connectivity index (χ2n) is 3.74. The Balaban J connectivity index is 1.95. The largest absolute Gasteiger partial charge is 0.349 e. The van der Waals surface area contributed by atoms with E-state index in [0.717, 1.165) is 13.1 Å². The third-order valence-electron chi connectivity index (χ3n) is 2.82. The van der Waals surface area contributed by atoms with E-state index >= 15 is 0 Å². The number of nitrogens with zero attached hydrogens (tertiary/aromatic N) is 1. The first kappa shape index (κ1) is 7.10. The highest BCUT2D eigenvalue weighted by Crippen LogP contribution is 2.49. The highest BCUT2D eigenvalue weighted by Gasteiger charge is 2.57. The summed E-state index contributed by atoms with van der Waals surface area (Å²) in [6.07, 6.45) is 0. The molecule has 2 rings (SSSR count). The second kappa shape index (κ2) is 2.21. The fraction of sp³-hybridized carbons (Fsp3) is 0.875. The van der Waals surface area contributed by atoms with Gasteiger partial charge in [-0.1, -0.05) is 0 Å². The second-order valence-corrected chi connectivity index (χ2v) is 3.74. The van der Waals surface area contributed by atoms with E-state index in [1.54, 1.807) is 4.90 Å². The van der Waals surface area contributed by atoms with Crippen LogP contribution in [-0.4, -0.2) is 38.0 Å². The Labute approximate surface area is 66.8 Å². The molecule has 3 nitrogen and oxygen atoms in total. The van der Waals surface area contributed by atoms with Gasteiger partial charge in [0.1, 0.15) is 0 Å². The predicted molar refractivity (Wildman–Crippen MR) is 42.0 cm³/mol. The van der Waals surface area contributed by atoms with E-state index in [4.69, 9.17) is 0 Å². The number of piperidine rings is 1. The predicted octanol–water partition coefficient (Wildman–Crippen LogP) is -0.460. The summed E-state index contributed by atoms with van der Waals surface area (Å²) >= 11 is 0. The Hall–Kier alpha value is -0.570. The molecule has 2 atom stereocenters. The molecule has 1 aliphatic carbocycles. The van der Waals surface area contributed by atoms with Crippen molar-refractivity contribution in [3.8, 4) is 0 Å². The van der Waals surface area contributed by atoms with Crippen LogP contribution < -0.4 is 5.32 Å². The first-order valence-corrected chi connectivity index (χ1v) is 4.13.